The van der Waals surface area contributed by atoms with E-state index in [1.807, 2.05) is 47.4 Å². The second kappa shape index (κ2) is 10.9. The maximum atomic E-state index is 13.3. The SMILES string of the molecule is COc1ccc(N2CCCN(CC(=O)N(Cc3ccccc3)Cc3ccco3)CC2)cc1. The standard InChI is InChI=1S/C26H31N3O3/c1-31-24-12-10-23(11-13-24)28-15-6-14-27(16-17-28)21-26(30)29(20-25-9-5-18-32-25)19-22-7-3-2-4-8-22/h2-5,7-13,18H,6,14-17,19-21H2,1H3. The molecule has 0 saturated carbocycles. The number of carbonyl (C=O) groups excluding carboxylic acids is 1. The van der Waals surface area contributed by atoms with Crippen LogP contribution in [0.25, 0.3) is 0 Å². The first-order valence-corrected chi connectivity index (χ1v) is 11.2. The van der Waals surface area contributed by atoms with Gasteiger partial charge in [-0.1, -0.05) is 30.3 Å². The van der Waals surface area contributed by atoms with Gasteiger partial charge in [-0.2, -0.15) is 0 Å². The predicted octanol–water partition coefficient (Wildman–Crippen LogP) is 4.03. The molecule has 168 valence electrons. The fourth-order valence-electron chi connectivity index (χ4n) is 4.10. The molecule has 1 fully saturated rings. The number of carbonyl (C=O) groups is 1. The summed E-state index contributed by atoms with van der Waals surface area (Å²) in [4.78, 5) is 19.8. The van der Waals surface area contributed by atoms with Crippen molar-refractivity contribution in [3.05, 3.63) is 84.3 Å². The molecule has 1 saturated heterocycles. The molecule has 6 heteroatoms. The molecular weight excluding hydrogens is 402 g/mol. The summed E-state index contributed by atoms with van der Waals surface area (Å²) >= 11 is 0. The summed E-state index contributed by atoms with van der Waals surface area (Å²) in [5.41, 5.74) is 2.32. The third-order valence-corrected chi connectivity index (χ3v) is 5.88. The summed E-state index contributed by atoms with van der Waals surface area (Å²) in [6.07, 6.45) is 2.68. The van der Waals surface area contributed by atoms with Gasteiger partial charge in [0.15, 0.2) is 0 Å². The quantitative estimate of drug-likeness (QED) is 0.537. The molecule has 2 heterocycles. The molecule has 1 amide bonds. The Bertz CT molecular complexity index is 958. The van der Waals surface area contributed by atoms with Gasteiger partial charge in [0.25, 0.3) is 0 Å². The number of nitrogens with zero attached hydrogens (tertiary/aromatic N) is 3. The van der Waals surface area contributed by atoms with E-state index >= 15 is 0 Å². The Balaban J connectivity index is 1.37. The van der Waals surface area contributed by atoms with Crippen LogP contribution in [0.5, 0.6) is 5.75 Å². The monoisotopic (exact) mass is 433 g/mol. The molecule has 32 heavy (non-hydrogen) atoms. The van der Waals surface area contributed by atoms with Crippen molar-refractivity contribution in [1.29, 1.82) is 0 Å². The van der Waals surface area contributed by atoms with Gasteiger partial charge in [-0.3, -0.25) is 9.69 Å². The highest BCUT2D eigenvalue weighted by molar-refractivity contribution is 5.78. The van der Waals surface area contributed by atoms with Gasteiger partial charge in [0.05, 0.1) is 26.5 Å². The van der Waals surface area contributed by atoms with Crippen molar-refractivity contribution in [2.75, 3.05) is 44.7 Å². The van der Waals surface area contributed by atoms with E-state index < -0.39 is 0 Å². The average Bonchev–Trinajstić information content (AvgIpc) is 3.23. The molecule has 1 aliphatic heterocycles. The molecule has 3 aromatic rings. The number of methoxy groups -OCH3 is 1. The maximum absolute atomic E-state index is 13.3. The van der Waals surface area contributed by atoms with Crippen molar-refractivity contribution in [3.8, 4) is 5.75 Å². The molecule has 2 aromatic carbocycles. The van der Waals surface area contributed by atoms with Gasteiger partial charge in [-0.05, 0) is 48.4 Å². The van der Waals surface area contributed by atoms with Gasteiger partial charge in [-0.25, -0.2) is 0 Å². The van der Waals surface area contributed by atoms with Gasteiger partial charge in [-0.15, -0.1) is 0 Å². The van der Waals surface area contributed by atoms with Crippen LogP contribution in [0.3, 0.4) is 0 Å². The number of ether oxygens (including phenoxy) is 1. The zero-order valence-corrected chi connectivity index (χ0v) is 18.7. The Labute approximate surface area is 190 Å². The third kappa shape index (κ3) is 5.92. The lowest BCUT2D eigenvalue weighted by molar-refractivity contribution is -0.133. The molecule has 0 N–H and O–H groups in total. The molecule has 0 bridgehead atoms. The third-order valence-electron chi connectivity index (χ3n) is 5.88. The van der Waals surface area contributed by atoms with Crippen LogP contribution in [-0.2, 0) is 17.9 Å². The molecule has 4 rings (SSSR count). The minimum absolute atomic E-state index is 0.128. The first-order chi connectivity index (χ1) is 15.7. The van der Waals surface area contributed by atoms with Gasteiger partial charge in [0.1, 0.15) is 11.5 Å². The van der Waals surface area contributed by atoms with E-state index in [9.17, 15) is 4.79 Å². The van der Waals surface area contributed by atoms with Crippen LogP contribution in [0.2, 0.25) is 0 Å². The normalized spacial score (nSPS) is 14.7. The largest absolute Gasteiger partial charge is 0.497 e. The highest BCUT2D eigenvalue weighted by Gasteiger charge is 2.22. The second-order valence-electron chi connectivity index (χ2n) is 8.13. The fourth-order valence-corrected chi connectivity index (χ4v) is 4.10. The van der Waals surface area contributed by atoms with E-state index in [1.54, 1.807) is 13.4 Å². The summed E-state index contributed by atoms with van der Waals surface area (Å²) in [6, 6.07) is 22.1. The number of benzene rings is 2. The van der Waals surface area contributed by atoms with Gasteiger partial charge >= 0.3 is 0 Å². The van der Waals surface area contributed by atoms with Crippen molar-refractivity contribution in [2.24, 2.45) is 0 Å². The van der Waals surface area contributed by atoms with E-state index in [-0.39, 0.29) is 5.91 Å². The zero-order valence-electron chi connectivity index (χ0n) is 18.7. The average molecular weight is 434 g/mol. The lowest BCUT2D eigenvalue weighted by Crippen LogP contribution is -2.41. The second-order valence-corrected chi connectivity index (χ2v) is 8.13. The van der Waals surface area contributed by atoms with Crippen molar-refractivity contribution >= 4 is 11.6 Å². The maximum Gasteiger partial charge on any atom is 0.237 e. The summed E-state index contributed by atoms with van der Waals surface area (Å²) < 4.78 is 10.8. The fraction of sp³-hybridized carbons (Fsp3) is 0.346. The van der Waals surface area contributed by atoms with Crippen LogP contribution in [-0.4, -0.2) is 55.5 Å². The van der Waals surface area contributed by atoms with Crippen LogP contribution in [0, 0.1) is 0 Å². The number of hydrogen-bond acceptors (Lipinski definition) is 5. The summed E-state index contributed by atoms with van der Waals surface area (Å²) in [5.74, 6) is 1.80. The Morgan fingerprint density at radius 2 is 1.75 bits per heavy atom. The summed E-state index contributed by atoms with van der Waals surface area (Å²) in [7, 11) is 1.68. The lowest BCUT2D eigenvalue weighted by atomic mass is 10.2. The number of hydrogen-bond donors (Lipinski definition) is 0. The van der Waals surface area contributed by atoms with Crippen molar-refractivity contribution in [1.82, 2.24) is 9.80 Å². The molecule has 1 aromatic heterocycles. The molecule has 0 unspecified atom stereocenters. The number of amides is 1. The van der Waals surface area contributed by atoms with Gasteiger partial charge < -0.3 is 19.0 Å². The van der Waals surface area contributed by atoms with Crippen LogP contribution in [0.15, 0.2) is 77.4 Å². The van der Waals surface area contributed by atoms with Crippen molar-refractivity contribution in [2.45, 2.75) is 19.5 Å². The Hall–Kier alpha value is -3.25. The topological polar surface area (TPSA) is 49.2 Å². The Morgan fingerprint density at radius 3 is 2.47 bits per heavy atom. The van der Waals surface area contributed by atoms with Crippen molar-refractivity contribution < 1.29 is 13.9 Å². The molecule has 0 radical (unpaired) electrons. The van der Waals surface area contributed by atoms with Gasteiger partial charge in [0.2, 0.25) is 5.91 Å². The Kier molecular flexibility index (Phi) is 7.46. The van der Waals surface area contributed by atoms with Crippen LogP contribution in [0.4, 0.5) is 5.69 Å². The number of rotatable bonds is 8. The van der Waals surface area contributed by atoms with Crippen molar-refractivity contribution in [3.63, 3.8) is 0 Å². The van der Waals surface area contributed by atoms with Crippen LogP contribution < -0.4 is 9.64 Å². The molecule has 1 aliphatic rings. The van der Waals surface area contributed by atoms with Gasteiger partial charge in [0, 0.05) is 38.4 Å². The zero-order chi connectivity index (χ0) is 22.2. The molecule has 0 atom stereocenters. The first-order valence-electron chi connectivity index (χ1n) is 11.2. The Morgan fingerprint density at radius 1 is 0.938 bits per heavy atom. The summed E-state index contributed by atoms with van der Waals surface area (Å²) in [5, 5.41) is 0. The highest BCUT2D eigenvalue weighted by Crippen LogP contribution is 2.21. The van der Waals surface area contributed by atoms with E-state index in [2.05, 4.69) is 34.1 Å². The van der Waals surface area contributed by atoms with Crippen LogP contribution in [0.1, 0.15) is 17.7 Å². The van der Waals surface area contributed by atoms with E-state index in [4.69, 9.17) is 9.15 Å². The highest BCUT2D eigenvalue weighted by atomic mass is 16.5. The molecule has 0 aliphatic carbocycles. The minimum Gasteiger partial charge on any atom is -0.497 e. The van der Waals surface area contributed by atoms with E-state index in [0.717, 1.165) is 49.7 Å². The smallest absolute Gasteiger partial charge is 0.237 e. The van der Waals surface area contributed by atoms with E-state index in [0.29, 0.717) is 19.6 Å². The minimum atomic E-state index is 0.128. The predicted molar refractivity (Wildman–Crippen MR) is 126 cm³/mol. The number of furan rings is 1. The molecular formula is C26H31N3O3. The lowest BCUT2D eigenvalue weighted by Gasteiger charge is -2.27. The van der Waals surface area contributed by atoms with Crippen LogP contribution >= 0.6 is 0 Å². The van der Waals surface area contributed by atoms with E-state index in [1.165, 1.54) is 5.69 Å². The summed E-state index contributed by atoms with van der Waals surface area (Å²) in [6.45, 7) is 5.13. The first kappa shape index (κ1) is 22.0. The molecule has 0 spiro atoms. The molecule has 6 nitrogen and oxygen atoms in total. The number of anilines is 1.